The van der Waals surface area contributed by atoms with Gasteiger partial charge in [0.15, 0.2) is 0 Å². The fraction of sp³-hybridized carbons (Fsp3) is 0.235. The molecule has 1 aliphatic rings. The molecule has 0 atom stereocenters. The van der Waals surface area contributed by atoms with E-state index in [0.29, 0.717) is 23.4 Å². The van der Waals surface area contributed by atoms with Crippen LogP contribution in [0.15, 0.2) is 48.5 Å². The number of nitrogens with one attached hydrogen (secondary N) is 1. The highest BCUT2D eigenvalue weighted by Crippen LogP contribution is 2.51. The van der Waals surface area contributed by atoms with E-state index in [9.17, 15) is 18.0 Å². The summed E-state index contributed by atoms with van der Waals surface area (Å²) < 4.78 is 38.2. The molecule has 0 aromatic heterocycles. The van der Waals surface area contributed by atoms with Crippen LogP contribution in [0.25, 0.3) is 0 Å². The predicted molar refractivity (Wildman–Crippen MR) is 82.4 cm³/mol. The van der Waals surface area contributed by atoms with Gasteiger partial charge in [-0.3, -0.25) is 4.79 Å². The molecule has 1 aliphatic carbocycles. The van der Waals surface area contributed by atoms with Crippen molar-refractivity contribution in [2.45, 2.75) is 24.4 Å². The van der Waals surface area contributed by atoms with Gasteiger partial charge in [-0.15, -0.1) is 0 Å². The lowest BCUT2D eigenvalue weighted by Crippen LogP contribution is -2.28. The van der Waals surface area contributed by atoms with Crippen LogP contribution in [0.3, 0.4) is 0 Å². The van der Waals surface area contributed by atoms with E-state index in [0.717, 1.165) is 12.1 Å². The van der Waals surface area contributed by atoms with E-state index in [2.05, 4.69) is 5.32 Å². The highest BCUT2D eigenvalue weighted by Gasteiger charge is 2.52. The Bertz CT molecular complexity index is 753. The number of anilines is 1. The van der Waals surface area contributed by atoms with E-state index in [4.69, 9.17) is 11.6 Å². The van der Waals surface area contributed by atoms with Crippen LogP contribution in [0.4, 0.5) is 18.9 Å². The van der Waals surface area contributed by atoms with Gasteiger partial charge in [0.05, 0.1) is 11.0 Å². The molecule has 1 N–H and O–H groups in total. The molecule has 6 heteroatoms. The van der Waals surface area contributed by atoms with Gasteiger partial charge in [-0.05, 0) is 42.7 Å². The fourth-order valence-electron chi connectivity index (χ4n) is 2.62. The highest BCUT2D eigenvalue weighted by atomic mass is 35.5. The lowest BCUT2D eigenvalue weighted by Gasteiger charge is -2.17. The van der Waals surface area contributed by atoms with Crippen LogP contribution in [0.2, 0.25) is 5.02 Å². The van der Waals surface area contributed by atoms with Gasteiger partial charge in [-0.2, -0.15) is 13.2 Å². The molecule has 0 spiro atoms. The number of rotatable bonds is 3. The molecule has 1 saturated carbocycles. The zero-order valence-electron chi connectivity index (χ0n) is 12.0. The largest absolute Gasteiger partial charge is 0.416 e. The summed E-state index contributed by atoms with van der Waals surface area (Å²) in [6.07, 6.45) is -3.19. The van der Waals surface area contributed by atoms with Crippen molar-refractivity contribution in [2.75, 3.05) is 5.32 Å². The summed E-state index contributed by atoms with van der Waals surface area (Å²) in [7, 11) is 0. The molecule has 0 saturated heterocycles. The zero-order chi connectivity index (χ0) is 16.7. The maximum Gasteiger partial charge on any atom is 0.416 e. The van der Waals surface area contributed by atoms with E-state index < -0.39 is 17.2 Å². The topological polar surface area (TPSA) is 29.1 Å². The number of alkyl halides is 3. The van der Waals surface area contributed by atoms with E-state index in [1.54, 1.807) is 24.3 Å². The van der Waals surface area contributed by atoms with Gasteiger partial charge in [0.25, 0.3) is 0 Å². The molecule has 0 radical (unpaired) electrons. The molecule has 2 nitrogen and oxygen atoms in total. The van der Waals surface area contributed by atoms with Gasteiger partial charge in [-0.1, -0.05) is 35.9 Å². The second-order valence-electron chi connectivity index (χ2n) is 5.59. The third-order valence-corrected chi connectivity index (χ3v) is 4.35. The van der Waals surface area contributed by atoms with Crippen molar-refractivity contribution in [3.63, 3.8) is 0 Å². The Morgan fingerprint density at radius 3 is 2.39 bits per heavy atom. The van der Waals surface area contributed by atoms with Crippen molar-refractivity contribution in [1.29, 1.82) is 0 Å². The molecular formula is C17H13ClF3NO. The molecule has 1 fully saturated rings. The van der Waals surface area contributed by atoms with Gasteiger partial charge in [0.1, 0.15) is 0 Å². The summed E-state index contributed by atoms with van der Waals surface area (Å²) in [5.41, 5.74) is -0.695. The summed E-state index contributed by atoms with van der Waals surface area (Å²) in [6.45, 7) is 0. The molecule has 0 aliphatic heterocycles. The molecule has 2 aromatic rings. The molecule has 120 valence electrons. The van der Waals surface area contributed by atoms with E-state index in [1.807, 2.05) is 0 Å². The van der Waals surface area contributed by atoms with Crippen molar-refractivity contribution in [1.82, 2.24) is 0 Å². The number of halogens is 4. The maximum atomic E-state index is 12.7. The molecule has 0 bridgehead atoms. The molecule has 0 unspecified atom stereocenters. The van der Waals surface area contributed by atoms with Crippen LogP contribution < -0.4 is 5.32 Å². The Morgan fingerprint density at radius 1 is 1.09 bits per heavy atom. The molecule has 0 heterocycles. The first-order chi connectivity index (χ1) is 10.8. The minimum absolute atomic E-state index is 0.128. The van der Waals surface area contributed by atoms with E-state index >= 15 is 0 Å². The van der Waals surface area contributed by atoms with Gasteiger partial charge < -0.3 is 5.32 Å². The Morgan fingerprint density at radius 2 is 1.78 bits per heavy atom. The first-order valence-electron chi connectivity index (χ1n) is 7.07. The van der Waals surface area contributed by atoms with Crippen molar-refractivity contribution >= 4 is 23.2 Å². The number of hydrogen-bond acceptors (Lipinski definition) is 1. The summed E-state index contributed by atoms with van der Waals surface area (Å²) >= 11 is 6.15. The highest BCUT2D eigenvalue weighted by molar-refractivity contribution is 6.32. The van der Waals surface area contributed by atoms with Crippen LogP contribution in [0, 0.1) is 0 Å². The summed E-state index contributed by atoms with van der Waals surface area (Å²) in [4.78, 5) is 12.6. The molecule has 2 aromatic carbocycles. The standard InChI is InChI=1S/C17H13ClF3NO/c18-14-7-2-1-6-13(14)16(8-9-16)15(23)22-12-5-3-4-11(10-12)17(19,20)21/h1-7,10H,8-9H2,(H,22,23). The number of hydrogen-bond donors (Lipinski definition) is 1. The van der Waals surface area contributed by atoms with Gasteiger partial charge >= 0.3 is 6.18 Å². The summed E-state index contributed by atoms with van der Waals surface area (Å²) in [6, 6.07) is 11.7. The quantitative estimate of drug-likeness (QED) is 0.835. The van der Waals surface area contributed by atoms with Crippen LogP contribution in [0.1, 0.15) is 24.0 Å². The summed E-state index contributed by atoms with van der Waals surface area (Å²) in [5.74, 6) is -0.329. The maximum absolute atomic E-state index is 12.7. The molecule has 3 rings (SSSR count). The first-order valence-corrected chi connectivity index (χ1v) is 7.44. The molecule has 1 amide bonds. The predicted octanol–water partition coefficient (Wildman–Crippen LogP) is 5.03. The van der Waals surface area contributed by atoms with Crippen molar-refractivity contribution in [3.05, 3.63) is 64.7 Å². The molecule has 23 heavy (non-hydrogen) atoms. The Balaban J connectivity index is 1.84. The Hall–Kier alpha value is -2.01. The van der Waals surface area contributed by atoms with Crippen LogP contribution >= 0.6 is 11.6 Å². The smallest absolute Gasteiger partial charge is 0.325 e. The third kappa shape index (κ3) is 3.06. The normalized spacial score (nSPS) is 16.0. The monoisotopic (exact) mass is 339 g/mol. The lowest BCUT2D eigenvalue weighted by molar-refractivity contribution is -0.137. The second kappa shape index (κ2) is 5.57. The molecular weight excluding hydrogens is 327 g/mol. The van der Waals surface area contributed by atoms with Gasteiger partial charge in [-0.25, -0.2) is 0 Å². The number of benzene rings is 2. The van der Waals surface area contributed by atoms with E-state index in [1.165, 1.54) is 12.1 Å². The number of carbonyl (C=O) groups excluding carboxylic acids is 1. The third-order valence-electron chi connectivity index (χ3n) is 4.02. The minimum atomic E-state index is -4.44. The summed E-state index contributed by atoms with van der Waals surface area (Å²) in [5, 5.41) is 3.08. The zero-order valence-corrected chi connectivity index (χ0v) is 12.7. The number of amides is 1. The lowest BCUT2D eigenvalue weighted by atomic mass is 9.94. The first kappa shape index (κ1) is 15.9. The number of carbonyl (C=O) groups is 1. The van der Waals surface area contributed by atoms with Crippen LogP contribution in [-0.4, -0.2) is 5.91 Å². The van der Waals surface area contributed by atoms with Crippen molar-refractivity contribution in [3.8, 4) is 0 Å². The average Bonchev–Trinajstić information content (AvgIpc) is 3.29. The van der Waals surface area contributed by atoms with Gasteiger partial charge in [0, 0.05) is 10.7 Å². The van der Waals surface area contributed by atoms with Gasteiger partial charge in [0.2, 0.25) is 5.91 Å². The van der Waals surface area contributed by atoms with Crippen molar-refractivity contribution in [2.24, 2.45) is 0 Å². The Kier molecular flexibility index (Phi) is 3.84. The fourth-order valence-corrected chi connectivity index (χ4v) is 2.93. The average molecular weight is 340 g/mol. The SMILES string of the molecule is O=C(Nc1cccc(C(F)(F)F)c1)C1(c2ccccc2Cl)CC1. The second-order valence-corrected chi connectivity index (χ2v) is 6.00. The van der Waals surface area contributed by atoms with Crippen LogP contribution in [-0.2, 0) is 16.4 Å². The van der Waals surface area contributed by atoms with E-state index in [-0.39, 0.29) is 11.6 Å². The van der Waals surface area contributed by atoms with Crippen molar-refractivity contribution < 1.29 is 18.0 Å². The van der Waals surface area contributed by atoms with Crippen LogP contribution in [0.5, 0.6) is 0 Å². The minimum Gasteiger partial charge on any atom is -0.325 e. The Labute approximate surface area is 136 Å².